The first kappa shape index (κ1) is 19.2. The molecule has 1 aromatic carbocycles. The van der Waals surface area contributed by atoms with Crippen molar-refractivity contribution in [3.8, 4) is 0 Å². The Hall–Kier alpha value is -1.14. The highest BCUT2D eigenvalue weighted by Crippen LogP contribution is 2.19. The fraction of sp³-hybridized carbons (Fsp3) is 0.611. The molecule has 4 nitrogen and oxygen atoms in total. The molecular weight excluding hydrogens is 373 g/mol. The Morgan fingerprint density at radius 3 is 2.88 bits per heavy atom. The quantitative estimate of drug-likeness (QED) is 0.583. The molecule has 1 saturated heterocycles. The lowest BCUT2D eigenvalue weighted by Gasteiger charge is -2.26. The van der Waals surface area contributed by atoms with Gasteiger partial charge in [-0.3, -0.25) is 0 Å². The molecule has 0 amide bonds. The Bertz CT molecular complexity index is 547. The highest BCUT2D eigenvalue weighted by atomic mass is 79.9. The number of benzene rings is 1. The van der Waals surface area contributed by atoms with Crippen molar-refractivity contribution in [1.82, 2.24) is 10.2 Å². The van der Waals surface area contributed by atoms with E-state index < -0.39 is 0 Å². The van der Waals surface area contributed by atoms with Crippen LogP contribution in [0.4, 0.5) is 4.39 Å². The maximum Gasteiger partial charge on any atom is 0.193 e. The van der Waals surface area contributed by atoms with Crippen molar-refractivity contribution in [1.29, 1.82) is 0 Å². The van der Waals surface area contributed by atoms with Crippen molar-refractivity contribution in [2.45, 2.75) is 32.7 Å². The highest BCUT2D eigenvalue weighted by molar-refractivity contribution is 9.10. The molecule has 0 radical (unpaired) electrons. The fourth-order valence-electron chi connectivity index (χ4n) is 2.81. The van der Waals surface area contributed by atoms with Gasteiger partial charge in [-0.1, -0.05) is 15.9 Å². The van der Waals surface area contributed by atoms with Gasteiger partial charge < -0.3 is 15.0 Å². The standard InChI is InChI=1S/C18H27BrFN3O/c1-3-21-18(22-13-15-12-16(19)4-5-17(15)20)23(2)9-6-14-7-10-24-11-8-14/h4-5,12,14H,3,6-11,13H2,1-2H3,(H,21,22). The molecule has 1 heterocycles. The Balaban J connectivity index is 1.94. The number of nitrogens with one attached hydrogen (secondary N) is 1. The number of hydrogen-bond donors (Lipinski definition) is 1. The van der Waals surface area contributed by atoms with Gasteiger partial charge in [-0.25, -0.2) is 9.38 Å². The van der Waals surface area contributed by atoms with E-state index >= 15 is 0 Å². The summed E-state index contributed by atoms with van der Waals surface area (Å²) in [7, 11) is 2.04. The first-order valence-corrected chi connectivity index (χ1v) is 9.40. The lowest BCUT2D eigenvalue weighted by Crippen LogP contribution is -2.40. The van der Waals surface area contributed by atoms with E-state index in [1.54, 1.807) is 12.1 Å². The highest BCUT2D eigenvalue weighted by Gasteiger charge is 2.15. The zero-order valence-electron chi connectivity index (χ0n) is 14.5. The van der Waals surface area contributed by atoms with Gasteiger partial charge in [0, 0.05) is 43.4 Å². The lowest BCUT2D eigenvalue weighted by molar-refractivity contribution is 0.0625. The van der Waals surface area contributed by atoms with E-state index in [2.05, 4.69) is 31.1 Å². The van der Waals surface area contributed by atoms with Crippen molar-refractivity contribution in [2.75, 3.05) is 33.4 Å². The summed E-state index contributed by atoms with van der Waals surface area (Å²) in [6, 6.07) is 4.95. The van der Waals surface area contributed by atoms with Crippen LogP contribution in [-0.4, -0.2) is 44.2 Å². The average Bonchev–Trinajstić information content (AvgIpc) is 2.60. The molecule has 2 rings (SSSR count). The number of nitrogens with zero attached hydrogens (tertiary/aromatic N) is 2. The lowest BCUT2D eigenvalue weighted by atomic mass is 9.96. The largest absolute Gasteiger partial charge is 0.381 e. The van der Waals surface area contributed by atoms with Crippen LogP contribution in [0, 0.1) is 11.7 Å². The number of hydrogen-bond acceptors (Lipinski definition) is 2. The third-order valence-electron chi connectivity index (χ3n) is 4.32. The van der Waals surface area contributed by atoms with E-state index in [1.807, 2.05) is 14.0 Å². The van der Waals surface area contributed by atoms with Crippen molar-refractivity contribution in [2.24, 2.45) is 10.9 Å². The summed E-state index contributed by atoms with van der Waals surface area (Å²) >= 11 is 3.38. The van der Waals surface area contributed by atoms with Crippen LogP contribution < -0.4 is 5.32 Å². The van der Waals surface area contributed by atoms with Gasteiger partial charge in [0.1, 0.15) is 5.82 Å². The molecular formula is C18H27BrFN3O. The van der Waals surface area contributed by atoms with Crippen LogP contribution in [-0.2, 0) is 11.3 Å². The minimum absolute atomic E-state index is 0.220. The van der Waals surface area contributed by atoms with Gasteiger partial charge in [0.05, 0.1) is 6.54 Å². The number of ether oxygens (including phenoxy) is 1. The number of aliphatic imine (C=N–C) groups is 1. The summed E-state index contributed by atoms with van der Waals surface area (Å²) in [6.07, 6.45) is 3.42. The Labute approximate surface area is 152 Å². The molecule has 0 unspecified atom stereocenters. The molecule has 1 aromatic rings. The SMILES string of the molecule is CCNC(=NCc1cc(Br)ccc1F)N(C)CCC1CCOCC1. The van der Waals surface area contributed by atoms with E-state index in [0.29, 0.717) is 12.1 Å². The van der Waals surface area contributed by atoms with Crippen molar-refractivity contribution in [3.63, 3.8) is 0 Å². The number of halogens is 2. The summed E-state index contributed by atoms with van der Waals surface area (Å²) < 4.78 is 20.1. The van der Waals surface area contributed by atoms with Gasteiger partial charge >= 0.3 is 0 Å². The monoisotopic (exact) mass is 399 g/mol. The first-order chi connectivity index (χ1) is 11.6. The third kappa shape index (κ3) is 6.06. The van der Waals surface area contributed by atoms with Crippen molar-refractivity contribution >= 4 is 21.9 Å². The van der Waals surface area contributed by atoms with E-state index in [1.165, 1.54) is 6.07 Å². The molecule has 0 saturated carbocycles. The molecule has 1 N–H and O–H groups in total. The molecule has 0 aromatic heterocycles. The second-order valence-corrected chi connectivity index (χ2v) is 7.09. The summed E-state index contributed by atoms with van der Waals surface area (Å²) in [6.45, 7) is 5.87. The number of rotatable bonds is 6. The summed E-state index contributed by atoms with van der Waals surface area (Å²) in [5.41, 5.74) is 0.595. The molecule has 0 bridgehead atoms. The summed E-state index contributed by atoms with van der Waals surface area (Å²) in [5, 5.41) is 3.29. The van der Waals surface area contributed by atoms with Crippen LogP contribution in [0.15, 0.2) is 27.7 Å². The summed E-state index contributed by atoms with van der Waals surface area (Å²) in [5.74, 6) is 1.33. The molecule has 1 fully saturated rings. The topological polar surface area (TPSA) is 36.9 Å². The smallest absolute Gasteiger partial charge is 0.193 e. The van der Waals surface area contributed by atoms with E-state index in [0.717, 1.165) is 61.9 Å². The van der Waals surface area contributed by atoms with Gasteiger partial charge in [-0.05, 0) is 50.3 Å². The maximum absolute atomic E-state index is 13.9. The zero-order chi connectivity index (χ0) is 17.4. The van der Waals surface area contributed by atoms with E-state index in [-0.39, 0.29) is 5.82 Å². The summed E-state index contributed by atoms with van der Waals surface area (Å²) in [4.78, 5) is 6.73. The average molecular weight is 400 g/mol. The van der Waals surface area contributed by atoms with Gasteiger partial charge in [-0.2, -0.15) is 0 Å². The molecule has 6 heteroatoms. The molecule has 0 aliphatic carbocycles. The van der Waals surface area contributed by atoms with Crippen LogP contribution in [0.5, 0.6) is 0 Å². The van der Waals surface area contributed by atoms with Gasteiger partial charge in [0.25, 0.3) is 0 Å². The normalized spacial score (nSPS) is 16.2. The molecule has 0 spiro atoms. The predicted octanol–water partition coefficient (Wildman–Crippen LogP) is 3.80. The van der Waals surface area contributed by atoms with Crippen LogP contribution in [0.2, 0.25) is 0 Å². The van der Waals surface area contributed by atoms with Crippen molar-refractivity contribution < 1.29 is 9.13 Å². The van der Waals surface area contributed by atoms with Gasteiger partial charge in [0.15, 0.2) is 5.96 Å². The minimum Gasteiger partial charge on any atom is -0.381 e. The third-order valence-corrected chi connectivity index (χ3v) is 4.81. The molecule has 1 aliphatic rings. The van der Waals surface area contributed by atoms with Crippen LogP contribution in [0.25, 0.3) is 0 Å². The number of guanidine groups is 1. The van der Waals surface area contributed by atoms with Gasteiger partial charge in [-0.15, -0.1) is 0 Å². The Morgan fingerprint density at radius 1 is 1.42 bits per heavy atom. The first-order valence-electron chi connectivity index (χ1n) is 8.61. The zero-order valence-corrected chi connectivity index (χ0v) is 16.1. The van der Waals surface area contributed by atoms with Crippen molar-refractivity contribution in [3.05, 3.63) is 34.1 Å². The second-order valence-electron chi connectivity index (χ2n) is 6.17. The van der Waals surface area contributed by atoms with E-state index in [4.69, 9.17) is 4.74 Å². The van der Waals surface area contributed by atoms with Crippen LogP contribution >= 0.6 is 15.9 Å². The van der Waals surface area contributed by atoms with Crippen LogP contribution in [0.3, 0.4) is 0 Å². The molecule has 24 heavy (non-hydrogen) atoms. The maximum atomic E-state index is 13.9. The fourth-order valence-corrected chi connectivity index (χ4v) is 3.22. The molecule has 1 aliphatic heterocycles. The molecule has 134 valence electrons. The minimum atomic E-state index is -0.220. The Kier molecular flexibility index (Phi) is 7.99. The van der Waals surface area contributed by atoms with E-state index in [9.17, 15) is 4.39 Å². The Morgan fingerprint density at radius 2 is 2.17 bits per heavy atom. The predicted molar refractivity (Wildman–Crippen MR) is 99.7 cm³/mol. The molecule has 0 atom stereocenters. The van der Waals surface area contributed by atoms with Gasteiger partial charge in [0.2, 0.25) is 0 Å². The van der Waals surface area contributed by atoms with Crippen LogP contribution in [0.1, 0.15) is 31.7 Å². The second kappa shape index (κ2) is 9.99.